The lowest BCUT2D eigenvalue weighted by atomic mass is 9.89. The third kappa shape index (κ3) is 3.68. The lowest BCUT2D eigenvalue weighted by molar-refractivity contribution is -0.122. The molecular weight excluding hydrogens is 214 g/mol. The van der Waals surface area contributed by atoms with Crippen molar-refractivity contribution in [2.45, 2.75) is 20.3 Å². The summed E-state index contributed by atoms with van der Waals surface area (Å²) in [5, 5.41) is 6.44. The molecule has 0 bridgehead atoms. The van der Waals surface area contributed by atoms with E-state index in [1.807, 2.05) is 0 Å². The maximum absolute atomic E-state index is 11.7. The van der Waals surface area contributed by atoms with Crippen LogP contribution in [0.25, 0.3) is 0 Å². The highest BCUT2D eigenvalue weighted by Crippen LogP contribution is 2.25. The SMILES string of the molecule is CC(C)CNC(=O)CN1CCC2CNCC2C1. The standard InChI is InChI=1S/C13H25N3O/c1-10(2)5-15-13(17)9-16-4-3-11-6-14-7-12(11)8-16/h10-12,14H,3-9H2,1-2H3,(H,15,17). The Kier molecular flexibility index (Phi) is 4.40. The zero-order valence-electron chi connectivity index (χ0n) is 11.0. The van der Waals surface area contributed by atoms with Gasteiger partial charge in [0.1, 0.15) is 0 Å². The van der Waals surface area contributed by atoms with Crippen LogP contribution in [0.2, 0.25) is 0 Å². The van der Waals surface area contributed by atoms with Crippen LogP contribution < -0.4 is 10.6 Å². The van der Waals surface area contributed by atoms with E-state index in [9.17, 15) is 4.79 Å². The summed E-state index contributed by atoms with van der Waals surface area (Å²) in [6, 6.07) is 0. The highest BCUT2D eigenvalue weighted by Gasteiger charge is 2.33. The largest absolute Gasteiger partial charge is 0.355 e. The Balaban J connectivity index is 1.70. The van der Waals surface area contributed by atoms with Crippen LogP contribution in [0, 0.1) is 17.8 Å². The second kappa shape index (κ2) is 5.83. The van der Waals surface area contributed by atoms with Crippen LogP contribution in [0.15, 0.2) is 0 Å². The van der Waals surface area contributed by atoms with Gasteiger partial charge in [-0.2, -0.15) is 0 Å². The Morgan fingerprint density at radius 1 is 1.41 bits per heavy atom. The zero-order valence-corrected chi connectivity index (χ0v) is 11.0. The summed E-state index contributed by atoms with van der Waals surface area (Å²) in [5.41, 5.74) is 0. The third-order valence-electron chi connectivity index (χ3n) is 3.86. The quantitative estimate of drug-likeness (QED) is 0.741. The molecule has 2 unspecified atom stereocenters. The van der Waals surface area contributed by atoms with E-state index >= 15 is 0 Å². The number of amides is 1. The van der Waals surface area contributed by atoms with E-state index in [-0.39, 0.29) is 5.91 Å². The van der Waals surface area contributed by atoms with Crippen LogP contribution in [0.5, 0.6) is 0 Å². The number of rotatable bonds is 4. The lowest BCUT2D eigenvalue weighted by Crippen LogP contribution is -2.45. The van der Waals surface area contributed by atoms with Gasteiger partial charge in [0.15, 0.2) is 0 Å². The molecule has 2 saturated heterocycles. The van der Waals surface area contributed by atoms with E-state index in [2.05, 4.69) is 29.4 Å². The first kappa shape index (κ1) is 12.8. The van der Waals surface area contributed by atoms with E-state index < -0.39 is 0 Å². The second-order valence-electron chi connectivity index (χ2n) is 5.90. The minimum atomic E-state index is 0.183. The van der Waals surface area contributed by atoms with Gasteiger partial charge >= 0.3 is 0 Å². The predicted octanol–water partition coefficient (Wildman–Crippen LogP) is 0.300. The van der Waals surface area contributed by atoms with E-state index in [4.69, 9.17) is 0 Å². The maximum atomic E-state index is 11.7. The van der Waals surface area contributed by atoms with Crippen molar-refractivity contribution in [3.05, 3.63) is 0 Å². The molecule has 0 radical (unpaired) electrons. The van der Waals surface area contributed by atoms with Crippen molar-refractivity contribution in [1.29, 1.82) is 0 Å². The van der Waals surface area contributed by atoms with Gasteiger partial charge in [-0.1, -0.05) is 13.8 Å². The first-order valence-corrected chi connectivity index (χ1v) is 6.85. The van der Waals surface area contributed by atoms with Crippen molar-refractivity contribution >= 4 is 5.91 Å². The highest BCUT2D eigenvalue weighted by atomic mass is 16.2. The number of hydrogen-bond donors (Lipinski definition) is 2. The Hall–Kier alpha value is -0.610. The molecule has 0 aromatic carbocycles. The van der Waals surface area contributed by atoms with Gasteiger partial charge in [-0.05, 0) is 43.8 Å². The van der Waals surface area contributed by atoms with Gasteiger partial charge < -0.3 is 10.6 Å². The monoisotopic (exact) mass is 239 g/mol. The van der Waals surface area contributed by atoms with Crippen molar-refractivity contribution in [1.82, 2.24) is 15.5 Å². The second-order valence-corrected chi connectivity index (χ2v) is 5.90. The first-order valence-electron chi connectivity index (χ1n) is 6.85. The molecular formula is C13H25N3O. The van der Waals surface area contributed by atoms with Gasteiger partial charge in [0.2, 0.25) is 5.91 Å². The number of carbonyl (C=O) groups is 1. The van der Waals surface area contributed by atoms with Crippen LogP contribution in [0.4, 0.5) is 0 Å². The highest BCUT2D eigenvalue weighted by molar-refractivity contribution is 5.78. The van der Waals surface area contributed by atoms with Crippen LogP contribution >= 0.6 is 0 Å². The molecule has 0 aliphatic carbocycles. The molecule has 2 aliphatic rings. The van der Waals surface area contributed by atoms with E-state index in [1.54, 1.807) is 0 Å². The van der Waals surface area contributed by atoms with Gasteiger partial charge in [0, 0.05) is 13.1 Å². The fourth-order valence-electron chi connectivity index (χ4n) is 2.83. The lowest BCUT2D eigenvalue weighted by Gasteiger charge is -2.33. The summed E-state index contributed by atoms with van der Waals surface area (Å²) in [5.74, 6) is 2.33. The van der Waals surface area contributed by atoms with Crippen molar-refractivity contribution in [2.75, 3.05) is 39.3 Å². The Morgan fingerprint density at radius 2 is 2.18 bits per heavy atom. The smallest absolute Gasteiger partial charge is 0.234 e. The number of hydrogen-bond acceptors (Lipinski definition) is 3. The van der Waals surface area contributed by atoms with Gasteiger partial charge in [0.25, 0.3) is 0 Å². The zero-order chi connectivity index (χ0) is 12.3. The molecule has 4 nitrogen and oxygen atoms in total. The van der Waals surface area contributed by atoms with Crippen LogP contribution in [-0.2, 0) is 4.79 Å². The fourth-order valence-corrected chi connectivity index (χ4v) is 2.83. The minimum absolute atomic E-state index is 0.183. The molecule has 2 heterocycles. The van der Waals surface area contributed by atoms with Gasteiger partial charge in [-0.3, -0.25) is 9.69 Å². The molecule has 98 valence electrons. The minimum Gasteiger partial charge on any atom is -0.355 e. The van der Waals surface area contributed by atoms with Crippen LogP contribution in [-0.4, -0.2) is 50.1 Å². The van der Waals surface area contributed by atoms with Gasteiger partial charge in [0.05, 0.1) is 6.54 Å². The summed E-state index contributed by atoms with van der Waals surface area (Å²) in [4.78, 5) is 14.0. The summed E-state index contributed by atoms with van der Waals surface area (Å²) in [6.07, 6.45) is 1.25. The average Bonchev–Trinajstić information content (AvgIpc) is 2.73. The average molecular weight is 239 g/mol. The molecule has 1 amide bonds. The van der Waals surface area contributed by atoms with Gasteiger partial charge in [-0.25, -0.2) is 0 Å². The normalized spacial score (nSPS) is 29.4. The third-order valence-corrected chi connectivity index (χ3v) is 3.86. The molecule has 0 spiro atoms. The summed E-state index contributed by atoms with van der Waals surface area (Å²) in [7, 11) is 0. The molecule has 0 aromatic rings. The van der Waals surface area contributed by atoms with E-state index in [0.717, 1.165) is 38.0 Å². The number of fused-ring (bicyclic) bond motifs is 1. The number of nitrogens with zero attached hydrogens (tertiary/aromatic N) is 1. The number of nitrogens with one attached hydrogen (secondary N) is 2. The number of carbonyl (C=O) groups excluding carboxylic acids is 1. The van der Waals surface area contributed by atoms with Crippen molar-refractivity contribution in [2.24, 2.45) is 17.8 Å². The van der Waals surface area contributed by atoms with E-state index in [0.29, 0.717) is 12.5 Å². The summed E-state index contributed by atoms with van der Waals surface area (Å²) in [6.45, 7) is 10.1. The molecule has 2 atom stereocenters. The Morgan fingerprint density at radius 3 is 2.94 bits per heavy atom. The Bertz CT molecular complexity index is 267. The number of likely N-dealkylation sites (tertiary alicyclic amines) is 1. The molecule has 2 aliphatic heterocycles. The summed E-state index contributed by atoms with van der Waals surface area (Å²) >= 11 is 0. The fraction of sp³-hybridized carbons (Fsp3) is 0.923. The molecule has 2 rings (SSSR count). The first-order chi connectivity index (χ1) is 8.15. The molecule has 2 fully saturated rings. The van der Waals surface area contributed by atoms with Crippen LogP contribution in [0.1, 0.15) is 20.3 Å². The number of piperidine rings is 1. The predicted molar refractivity (Wildman–Crippen MR) is 68.8 cm³/mol. The molecule has 0 aromatic heterocycles. The molecule has 4 heteroatoms. The maximum Gasteiger partial charge on any atom is 0.234 e. The van der Waals surface area contributed by atoms with Crippen LogP contribution in [0.3, 0.4) is 0 Å². The topological polar surface area (TPSA) is 44.4 Å². The molecule has 17 heavy (non-hydrogen) atoms. The molecule has 2 N–H and O–H groups in total. The van der Waals surface area contributed by atoms with Gasteiger partial charge in [-0.15, -0.1) is 0 Å². The molecule has 0 saturated carbocycles. The van der Waals surface area contributed by atoms with Crippen molar-refractivity contribution in [3.8, 4) is 0 Å². The van der Waals surface area contributed by atoms with Crippen molar-refractivity contribution < 1.29 is 4.79 Å². The van der Waals surface area contributed by atoms with Crippen molar-refractivity contribution in [3.63, 3.8) is 0 Å². The Labute approximate surface area is 104 Å². The van der Waals surface area contributed by atoms with E-state index in [1.165, 1.54) is 13.0 Å². The summed E-state index contributed by atoms with van der Waals surface area (Å²) < 4.78 is 0.